The number of anilines is 3. The standard InChI is InChI=1S/C21H21F3N6O2/c1-12-11-32-9-8-29(12)17-10-14(13-4-2-3-5-15(13)21(22,23)24)18-19(26-17)30(28-20(18)31)16-6-7-25-27-16/h2-7,10,12,20,28,31H,8-9,11H2,1H3,(H,25,27)/t12-,20?/m1/s1. The number of nitrogens with zero attached hydrogens (tertiary/aromatic N) is 4. The van der Waals surface area contributed by atoms with E-state index in [2.05, 4.69) is 15.6 Å². The molecule has 2 aliphatic heterocycles. The van der Waals surface area contributed by atoms with Crippen molar-refractivity contribution >= 4 is 17.5 Å². The first-order valence-electron chi connectivity index (χ1n) is 10.1. The SMILES string of the molecule is C[C@@H]1COCCN1c1cc(-c2ccccc2C(F)(F)F)c2c(n1)N(c1ccn[nH]1)NC2O. The smallest absolute Gasteiger partial charge is 0.377 e. The molecular weight excluding hydrogens is 425 g/mol. The zero-order chi connectivity index (χ0) is 22.5. The number of H-pyrrole nitrogens is 1. The topological polar surface area (TPSA) is 89.5 Å². The Balaban J connectivity index is 1.75. The lowest BCUT2D eigenvalue weighted by Crippen LogP contribution is -2.44. The van der Waals surface area contributed by atoms with Crippen LogP contribution in [0.3, 0.4) is 0 Å². The number of pyridine rings is 1. The number of aliphatic hydroxyl groups excluding tert-OH is 1. The van der Waals surface area contributed by atoms with Crippen molar-refractivity contribution in [3.05, 3.63) is 53.7 Å². The number of benzene rings is 1. The second-order valence-corrected chi connectivity index (χ2v) is 7.73. The van der Waals surface area contributed by atoms with E-state index in [0.29, 0.717) is 37.2 Å². The first kappa shape index (κ1) is 20.7. The summed E-state index contributed by atoms with van der Waals surface area (Å²) in [5, 5.41) is 19.0. The summed E-state index contributed by atoms with van der Waals surface area (Å²) in [7, 11) is 0. The molecule has 2 aromatic heterocycles. The van der Waals surface area contributed by atoms with Gasteiger partial charge in [-0.25, -0.2) is 9.99 Å². The molecule has 1 fully saturated rings. The molecule has 5 rings (SSSR count). The number of aromatic nitrogens is 3. The first-order valence-corrected chi connectivity index (χ1v) is 10.1. The molecule has 3 aromatic rings. The van der Waals surface area contributed by atoms with Crippen LogP contribution >= 0.6 is 0 Å². The largest absolute Gasteiger partial charge is 0.417 e. The predicted octanol–water partition coefficient (Wildman–Crippen LogP) is 3.36. The van der Waals surface area contributed by atoms with Crippen LogP contribution in [-0.2, 0) is 10.9 Å². The highest BCUT2D eigenvalue weighted by Crippen LogP contribution is 2.46. The van der Waals surface area contributed by atoms with Crippen molar-refractivity contribution in [2.24, 2.45) is 0 Å². The highest BCUT2D eigenvalue weighted by atomic mass is 19.4. The Morgan fingerprint density at radius 3 is 2.72 bits per heavy atom. The summed E-state index contributed by atoms with van der Waals surface area (Å²) in [5.74, 6) is 1.31. The van der Waals surface area contributed by atoms with Crippen molar-refractivity contribution in [1.29, 1.82) is 0 Å². The van der Waals surface area contributed by atoms with E-state index in [4.69, 9.17) is 9.72 Å². The average molecular weight is 446 g/mol. The van der Waals surface area contributed by atoms with Gasteiger partial charge in [0.2, 0.25) is 0 Å². The van der Waals surface area contributed by atoms with E-state index in [9.17, 15) is 18.3 Å². The summed E-state index contributed by atoms with van der Waals surface area (Å²) in [6.07, 6.45) is -4.28. The molecule has 4 heterocycles. The second kappa shape index (κ2) is 7.76. The van der Waals surface area contributed by atoms with E-state index in [-0.39, 0.29) is 22.7 Å². The number of aromatic amines is 1. The number of aliphatic hydroxyl groups is 1. The number of hydrogen-bond donors (Lipinski definition) is 3. The Morgan fingerprint density at radius 1 is 1.19 bits per heavy atom. The van der Waals surface area contributed by atoms with Crippen LogP contribution in [0.1, 0.15) is 24.3 Å². The molecule has 1 unspecified atom stereocenters. The van der Waals surface area contributed by atoms with Gasteiger partial charge in [-0.2, -0.15) is 23.7 Å². The van der Waals surface area contributed by atoms with E-state index in [1.165, 1.54) is 23.3 Å². The fourth-order valence-electron chi connectivity index (χ4n) is 4.18. The van der Waals surface area contributed by atoms with Crippen molar-refractivity contribution in [2.45, 2.75) is 25.4 Å². The summed E-state index contributed by atoms with van der Waals surface area (Å²) in [4.78, 5) is 6.74. The van der Waals surface area contributed by atoms with Crippen molar-refractivity contribution < 1.29 is 23.0 Å². The Bertz CT molecular complexity index is 1120. The van der Waals surface area contributed by atoms with Gasteiger partial charge in [0.1, 0.15) is 11.6 Å². The van der Waals surface area contributed by atoms with Crippen LogP contribution in [0.2, 0.25) is 0 Å². The highest BCUT2D eigenvalue weighted by molar-refractivity contribution is 5.81. The molecule has 3 N–H and O–H groups in total. The summed E-state index contributed by atoms with van der Waals surface area (Å²) < 4.78 is 47.1. The zero-order valence-electron chi connectivity index (χ0n) is 17.1. The number of hydrazine groups is 1. The molecule has 2 aliphatic rings. The lowest BCUT2D eigenvalue weighted by molar-refractivity contribution is -0.137. The Labute approximate surface area is 181 Å². The third-order valence-corrected chi connectivity index (χ3v) is 5.67. The lowest BCUT2D eigenvalue weighted by Gasteiger charge is -2.35. The number of fused-ring (bicyclic) bond motifs is 1. The number of alkyl halides is 3. The fraction of sp³-hybridized carbons (Fsp3) is 0.333. The molecule has 0 radical (unpaired) electrons. The van der Waals surface area contributed by atoms with E-state index < -0.39 is 18.0 Å². The third kappa shape index (κ3) is 3.48. The summed E-state index contributed by atoms with van der Waals surface area (Å²) in [6.45, 7) is 3.49. The second-order valence-electron chi connectivity index (χ2n) is 7.73. The molecule has 0 amide bonds. The van der Waals surface area contributed by atoms with Crippen LogP contribution < -0.4 is 15.3 Å². The van der Waals surface area contributed by atoms with Gasteiger partial charge in [-0.15, -0.1) is 0 Å². The monoisotopic (exact) mass is 446 g/mol. The third-order valence-electron chi connectivity index (χ3n) is 5.67. The van der Waals surface area contributed by atoms with Gasteiger partial charge in [0.25, 0.3) is 0 Å². The Kier molecular flexibility index (Phi) is 5.03. The summed E-state index contributed by atoms with van der Waals surface area (Å²) >= 11 is 0. The Hall–Kier alpha value is -3.15. The van der Waals surface area contributed by atoms with Gasteiger partial charge in [0.05, 0.1) is 31.0 Å². The van der Waals surface area contributed by atoms with Gasteiger partial charge < -0.3 is 14.7 Å². The molecule has 1 saturated heterocycles. The number of ether oxygens (including phenoxy) is 1. The van der Waals surface area contributed by atoms with Crippen molar-refractivity contribution in [3.8, 4) is 11.1 Å². The number of halogens is 3. The quantitative estimate of drug-likeness (QED) is 0.569. The van der Waals surface area contributed by atoms with E-state index in [1.807, 2.05) is 11.8 Å². The Morgan fingerprint density at radius 2 is 2.00 bits per heavy atom. The van der Waals surface area contributed by atoms with E-state index >= 15 is 0 Å². The van der Waals surface area contributed by atoms with Gasteiger partial charge in [-0.05, 0) is 30.2 Å². The van der Waals surface area contributed by atoms with Crippen molar-refractivity contribution in [2.75, 3.05) is 29.7 Å². The van der Waals surface area contributed by atoms with Gasteiger partial charge >= 0.3 is 6.18 Å². The molecule has 168 valence electrons. The van der Waals surface area contributed by atoms with Gasteiger partial charge in [-0.3, -0.25) is 5.10 Å². The maximum atomic E-state index is 13.9. The first-order chi connectivity index (χ1) is 15.3. The van der Waals surface area contributed by atoms with Crippen LogP contribution in [0, 0.1) is 0 Å². The van der Waals surface area contributed by atoms with Gasteiger partial charge in [0, 0.05) is 18.2 Å². The van der Waals surface area contributed by atoms with E-state index in [0.717, 1.165) is 6.07 Å². The number of morpholine rings is 1. The molecule has 32 heavy (non-hydrogen) atoms. The highest BCUT2D eigenvalue weighted by Gasteiger charge is 2.38. The summed E-state index contributed by atoms with van der Waals surface area (Å²) in [5.41, 5.74) is 2.59. The minimum atomic E-state index is -4.56. The van der Waals surface area contributed by atoms with Crippen LogP contribution in [-0.4, -0.2) is 46.1 Å². The molecule has 0 spiro atoms. The molecule has 0 bridgehead atoms. The van der Waals surface area contributed by atoms with Gasteiger partial charge in [-0.1, -0.05) is 18.2 Å². The predicted molar refractivity (Wildman–Crippen MR) is 111 cm³/mol. The molecule has 0 aliphatic carbocycles. The van der Waals surface area contributed by atoms with Crippen LogP contribution in [0.25, 0.3) is 11.1 Å². The summed E-state index contributed by atoms with van der Waals surface area (Å²) in [6, 6.07) is 8.63. The molecular formula is C21H21F3N6O2. The zero-order valence-corrected chi connectivity index (χ0v) is 17.1. The maximum Gasteiger partial charge on any atom is 0.417 e. The van der Waals surface area contributed by atoms with E-state index in [1.54, 1.807) is 18.2 Å². The number of hydrogen-bond acceptors (Lipinski definition) is 7. The minimum absolute atomic E-state index is 0.0140. The molecule has 2 atom stereocenters. The lowest BCUT2D eigenvalue weighted by atomic mass is 9.95. The molecule has 8 nitrogen and oxygen atoms in total. The maximum absolute atomic E-state index is 13.9. The number of rotatable bonds is 3. The average Bonchev–Trinajstić information content (AvgIpc) is 3.41. The van der Waals surface area contributed by atoms with Crippen LogP contribution in [0.15, 0.2) is 42.6 Å². The minimum Gasteiger partial charge on any atom is -0.377 e. The van der Waals surface area contributed by atoms with Crippen LogP contribution in [0.5, 0.6) is 0 Å². The van der Waals surface area contributed by atoms with Crippen molar-refractivity contribution in [3.63, 3.8) is 0 Å². The molecule has 11 heteroatoms. The molecule has 0 saturated carbocycles. The van der Waals surface area contributed by atoms with Crippen molar-refractivity contribution in [1.82, 2.24) is 20.6 Å². The van der Waals surface area contributed by atoms with Crippen LogP contribution in [0.4, 0.5) is 30.6 Å². The number of nitrogens with one attached hydrogen (secondary N) is 2. The normalized spacial score (nSPS) is 21.2. The van der Waals surface area contributed by atoms with Gasteiger partial charge in [0.15, 0.2) is 12.0 Å². The molecule has 1 aromatic carbocycles. The fourth-order valence-corrected chi connectivity index (χ4v) is 4.18.